The molecule has 2 aromatic carbocycles. The summed E-state index contributed by atoms with van der Waals surface area (Å²) in [7, 11) is 0. The van der Waals surface area contributed by atoms with Crippen molar-refractivity contribution >= 4 is 28.6 Å². The number of H-pyrrole nitrogens is 1. The van der Waals surface area contributed by atoms with E-state index < -0.39 is 0 Å². The van der Waals surface area contributed by atoms with E-state index in [0.29, 0.717) is 11.1 Å². The van der Waals surface area contributed by atoms with E-state index in [2.05, 4.69) is 58.6 Å². The lowest BCUT2D eigenvalue weighted by molar-refractivity contribution is -0.119. The maximum Gasteiger partial charge on any atom is 0.277 e. The number of nitrogens with one attached hydrogen (secondary N) is 2. The molecule has 4 rings (SSSR count). The van der Waals surface area contributed by atoms with Crippen molar-refractivity contribution in [2.45, 2.75) is 31.5 Å². The minimum absolute atomic E-state index is 0.00633. The molecule has 29 heavy (non-hydrogen) atoms. The van der Waals surface area contributed by atoms with Gasteiger partial charge in [-0.2, -0.15) is 0 Å². The average molecular weight is 407 g/mol. The second-order valence-electron chi connectivity index (χ2n) is 6.85. The molecular weight excluding hydrogens is 384 g/mol. The number of carbonyl (C=O) groups is 1. The van der Waals surface area contributed by atoms with Gasteiger partial charge in [-0.3, -0.25) is 4.79 Å². The summed E-state index contributed by atoms with van der Waals surface area (Å²) < 4.78 is 5.76. The molecule has 7 heteroatoms. The van der Waals surface area contributed by atoms with Crippen molar-refractivity contribution in [1.82, 2.24) is 20.5 Å². The maximum atomic E-state index is 12.4. The van der Waals surface area contributed by atoms with Crippen LogP contribution in [0.25, 0.3) is 22.4 Å². The molecule has 0 radical (unpaired) electrons. The fraction of sp³-hybridized carbons (Fsp3) is 0.227. The molecule has 6 nitrogen and oxygen atoms in total. The van der Waals surface area contributed by atoms with Crippen molar-refractivity contribution < 1.29 is 9.21 Å². The third-order valence-corrected chi connectivity index (χ3v) is 5.59. The summed E-state index contributed by atoms with van der Waals surface area (Å²) in [5.74, 6) is 0.600. The Kier molecular flexibility index (Phi) is 5.67. The number of carbonyl (C=O) groups excluding carboxylic acids is 1. The van der Waals surface area contributed by atoms with E-state index in [9.17, 15) is 4.79 Å². The van der Waals surface area contributed by atoms with Crippen LogP contribution in [0.1, 0.15) is 30.5 Å². The summed E-state index contributed by atoms with van der Waals surface area (Å²) in [6.07, 6.45) is 2.68. The van der Waals surface area contributed by atoms with E-state index in [0.717, 1.165) is 28.5 Å². The van der Waals surface area contributed by atoms with Crippen LogP contribution in [-0.4, -0.2) is 26.8 Å². The molecule has 148 valence electrons. The van der Waals surface area contributed by atoms with E-state index >= 15 is 0 Å². The number of benzene rings is 2. The standard InChI is InChI=1S/C22H22N4O2S/c1-3-18(15-10-8-14(2)9-11-15)24-20(27)13-29-22-26-25-21(28-22)17-12-23-19-7-5-4-6-16(17)19/h4-12,18,23H,3,13H2,1-2H3,(H,24,27). The molecule has 2 aromatic heterocycles. The lowest BCUT2D eigenvalue weighted by atomic mass is 10.0. The van der Waals surface area contributed by atoms with Crippen LogP contribution in [-0.2, 0) is 4.79 Å². The third kappa shape index (κ3) is 4.35. The molecule has 0 aliphatic rings. The quantitative estimate of drug-likeness (QED) is 0.427. The Labute approximate surface area is 173 Å². The third-order valence-electron chi connectivity index (χ3n) is 4.78. The van der Waals surface area contributed by atoms with Gasteiger partial charge in [-0.25, -0.2) is 0 Å². The number of thioether (sulfide) groups is 1. The van der Waals surface area contributed by atoms with Crippen molar-refractivity contribution in [1.29, 1.82) is 0 Å². The van der Waals surface area contributed by atoms with Crippen LogP contribution >= 0.6 is 11.8 Å². The Hall–Kier alpha value is -3.06. The van der Waals surface area contributed by atoms with Crippen LogP contribution in [0.2, 0.25) is 0 Å². The summed E-state index contributed by atoms with van der Waals surface area (Å²) >= 11 is 1.24. The molecule has 0 aliphatic heterocycles. The van der Waals surface area contributed by atoms with Gasteiger partial charge < -0.3 is 14.7 Å². The zero-order valence-electron chi connectivity index (χ0n) is 16.3. The van der Waals surface area contributed by atoms with Gasteiger partial charge >= 0.3 is 0 Å². The highest BCUT2D eigenvalue weighted by molar-refractivity contribution is 7.99. The topological polar surface area (TPSA) is 83.8 Å². The lowest BCUT2D eigenvalue weighted by Gasteiger charge is -2.17. The molecule has 0 saturated heterocycles. The number of amides is 1. The van der Waals surface area contributed by atoms with Crippen molar-refractivity contribution in [2.75, 3.05) is 5.75 Å². The summed E-state index contributed by atoms with van der Waals surface area (Å²) in [5, 5.41) is 12.7. The Morgan fingerprint density at radius 2 is 1.97 bits per heavy atom. The maximum absolute atomic E-state index is 12.4. The SMILES string of the molecule is CCC(NC(=O)CSc1nnc(-c2c[nH]c3ccccc23)o1)c1ccc(C)cc1. The fourth-order valence-electron chi connectivity index (χ4n) is 3.21. The number of aromatic nitrogens is 3. The summed E-state index contributed by atoms with van der Waals surface area (Å²) in [6.45, 7) is 4.11. The Balaban J connectivity index is 1.38. The Bertz CT molecular complexity index is 1120. The van der Waals surface area contributed by atoms with Crippen molar-refractivity contribution in [3.63, 3.8) is 0 Å². The monoisotopic (exact) mass is 406 g/mol. The smallest absolute Gasteiger partial charge is 0.277 e. The lowest BCUT2D eigenvalue weighted by Crippen LogP contribution is -2.29. The van der Waals surface area contributed by atoms with Gasteiger partial charge in [0.25, 0.3) is 11.1 Å². The van der Waals surface area contributed by atoms with E-state index in [1.807, 2.05) is 30.5 Å². The molecule has 0 spiro atoms. The summed E-state index contributed by atoms with van der Waals surface area (Å²) in [5.41, 5.74) is 4.18. The summed E-state index contributed by atoms with van der Waals surface area (Å²) in [4.78, 5) is 15.6. The summed E-state index contributed by atoms with van der Waals surface area (Å²) in [6, 6.07) is 16.2. The van der Waals surface area contributed by atoms with Gasteiger partial charge in [-0.15, -0.1) is 10.2 Å². The van der Waals surface area contributed by atoms with Gasteiger partial charge in [0.1, 0.15) is 0 Å². The molecule has 4 aromatic rings. The van der Waals surface area contributed by atoms with Crippen molar-refractivity contribution in [3.05, 3.63) is 65.9 Å². The van der Waals surface area contributed by atoms with Gasteiger partial charge in [0, 0.05) is 17.1 Å². The first kappa shape index (κ1) is 19.3. The van der Waals surface area contributed by atoms with E-state index in [1.54, 1.807) is 0 Å². The highest BCUT2D eigenvalue weighted by Gasteiger charge is 2.16. The van der Waals surface area contributed by atoms with Crippen LogP contribution in [0.15, 0.2) is 64.4 Å². The van der Waals surface area contributed by atoms with Crippen LogP contribution in [0, 0.1) is 6.92 Å². The van der Waals surface area contributed by atoms with Gasteiger partial charge in [-0.1, -0.05) is 66.7 Å². The molecular formula is C22H22N4O2S. The number of fused-ring (bicyclic) bond motifs is 1. The van der Waals surface area contributed by atoms with Crippen LogP contribution < -0.4 is 5.32 Å². The molecule has 1 amide bonds. The van der Waals surface area contributed by atoms with Crippen LogP contribution in [0.3, 0.4) is 0 Å². The molecule has 1 atom stereocenters. The predicted molar refractivity (Wildman–Crippen MR) is 115 cm³/mol. The number of aryl methyl sites for hydroxylation is 1. The first-order valence-electron chi connectivity index (χ1n) is 9.52. The molecule has 2 heterocycles. The Morgan fingerprint density at radius 3 is 2.76 bits per heavy atom. The molecule has 2 N–H and O–H groups in total. The van der Waals surface area contributed by atoms with E-state index in [-0.39, 0.29) is 17.7 Å². The minimum Gasteiger partial charge on any atom is -0.411 e. The molecule has 0 fully saturated rings. The molecule has 0 aliphatic carbocycles. The Morgan fingerprint density at radius 1 is 1.17 bits per heavy atom. The minimum atomic E-state index is -0.0609. The zero-order valence-corrected chi connectivity index (χ0v) is 17.1. The number of aromatic amines is 1. The molecule has 0 bridgehead atoms. The first-order valence-corrected chi connectivity index (χ1v) is 10.5. The van der Waals surface area contributed by atoms with Crippen molar-refractivity contribution in [3.8, 4) is 11.5 Å². The highest BCUT2D eigenvalue weighted by atomic mass is 32.2. The van der Waals surface area contributed by atoms with Crippen molar-refractivity contribution in [2.24, 2.45) is 0 Å². The number of hydrogen-bond acceptors (Lipinski definition) is 5. The average Bonchev–Trinajstić information content (AvgIpc) is 3.38. The van der Waals surface area contributed by atoms with Gasteiger partial charge in [-0.05, 0) is 25.0 Å². The molecule has 1 unspecified atom stereocenters. The number of para-hydroxylation sites is 1. The van der Waals surface area contributed by atoms with E-state index in [1.165, 1.54) is 17.3 Å². The second kappa shape index (κ2) is 8.53. The van der Waals surface area contributed by atoms with E-state index in [4.69, 9.17) is 4.42 Å². The second-order valence-corrected chi connectivity index (χ2v) is 7.78. The normalized spacial score (nSPS) is 12.2. The van der Waals surface area contributed by atoms with Crippen LogP contribution in [0.4, 0.5) is 0 Å². The molecule has 0 saturated carbocycles. The largest absolute Gasteiger partial charge is 0.411 e. The van der Waals surface area contributed by atoms with Gasteiger partial charge in [0.05, 0.1) is 17.4 Å². The number of nitrogens with zero attached hydrogens (tertiary/aromatic N) is 2. The number of rotatable bonds is 7. The predicted octanol–water partition coefficient (Wildman–Crippen LogP) is 4.89. The number of hydrogen-bond donors (Lipinski definition) is 2. The van der Waals surface area contributed by atoms with Gasteiger partial charge in [0.2, 0.25) is 5.91 Å². The van der Waals surface area contributed by atoms with Gasteiger partial charge in [0.15, 0.2) is 0 Å². The first-order chi connectivity index (χ1) is 14.1. The fourth-order valence-corrected chi connectivity index (χ4v) is 3.78. The van der Waals surface area contributed by atoms with Crippen LogP contribution in [0.5, 0.6) is 0 Å². The highest BCUT2D eigenvalue weighted by Crippen LogP contribution is 2.29. The zero-order chi connectivity index (χ0) is 20.2.